The highest BCUT2D eigenvalue weighted by Crippen LogP contribution is 2.28. The molecule has 27 heavy (non-hydrogen) atoms. The number of Topliss-reactive ketones (excluding diaryl/α,β-unsaturated/α-hetero) is 1. The summed E-state index contributed by atoms with van der Waals surface area (Å²) in [5.41, 5.74) is 4.42. The molecule has 2 aromatic rings. The number of carbonyl (C=O) groups excluding carboxylic acids is 2. The van der Waals surface area contributed by atoms with E-state index in [2.05, 4.69) is 10.3 Å². The lowest BCUT2D eigenvalue weighted by atomic mass is 10.1. The van der Waals surface area contributed by atoms with Crippen LogP contribution in [0.2, 0.25) is 0 Å². The van der Waals surface area contributed by atoms with E-state index in [-0.39, 0.29) is 16.9 Å². The van der Waals surface area contributed by atoms with Gasteiger partial charge in [-0.05, 0) is 40.6 Å². The summed E-state index contributed by atoms with van der Waals surface area (Å²) in [6.45, 7) is 0. The first-order valence-corrected chi connectivity index (χ1v) is 9.06. The number of thioether (sulfide) groups is 1. The summed E-state index contributed by atoms with van der Waals surface area (Å²) >= 11 is 1.13. The van der Waals surface area contributed by atoms with Crippen LogP contribution in [-0.4, -0.2) is 16.9 Å². The Labute approximate surface area is 160 Å². The molecule has 4 rings (SSSR count). The number of amidine groups is 1. The number of carbonyl (C=O) groups is 2. The zero-order valence-electron chi connectivity index (χ0n) is 14.1. The van der Waals surface area contributed by atoms with Crippen LogP contribution in [0.5, 0.6) is 0 Å². The number of hydrogen-bond donors (Lipinski definition) is 1. The van der Waals surface area contributed by atoms with Crippen molar-refractivity contribution in [3.8, 4) is 6.19 Å². The highest BCUT2D eigenvalue weighted by Gasteiger charge is 2.24. The van der Waals surface area contributed by atoms with E-state index in [1.807, 2.05) is 54.6 Å². The number of amides is 1. The van der Waals surface area contributed by atoms with Crippen LogP contribution in [-0.2, 0) is 11.2 Å². The summed E-state index contributed by atoms with van der Waals surface area (Å²) in [7, 11) is 0. The Balaban J connectivity index is 1.53. The quantitative estimate of drug-likeness (QED) is 0.646. The molecule has 1 N–H and O–H groups in total. The molecule has 0 saturated carbocycles. The van der Waals surface area contributed by atoms with Gasteiger partial charge in [-0.2, -0.15) is 5.26 Å². The molecular formula is C21H13N3O2S. The molecule has 5 nitrogen and oxygen atoms in total. The van der Waals surface area contributed by atoms with Gasteiger partial charge in [-0.1, -0.05) is 48.5 Å². The van der Waals surface area contributed by atoms with Gasteiger partial charge in [0.2, 0.25) is 6.19 Å². The number of fused-ring (bicyclic) bond motifs is 1. The molecule has 0 bridgehead atoms. The number of aliphatic imine (C=N–C) groups is 1. The molecule has 0 unspecified atom stereocenters. The second-order valence-electron chi connectivity index (χ2n) is 6.08. The van der Waals surface area contributed by atoms with E-state index < -0.39 is 0 Å². The Hall–Kier alpha value is -3.43. The minimum atomic E-state index is -0.269. The highest BCUT2D eigenvalue weighted by atomic mass is 32.2. The molecule has 2 aromatic carbocycles. The maximum absolute atomic E-state index is 12.5. The maximum atomic E-state index is 12.5. The number of nitrogens with one attached hydrogen (secondary N) is 1. The monoisotopic (exact) mass is 371 g/mol. The molecule has 1 saturated heterocycles. The molecule has 1 aliphatic heterocycles. The molecule has 1 aliphatic carbocycles. The Morgan fingerprint density at radius 2 is 1.74 bits per heavy atom. The van der Waals surface area contributed by atoms with Crippen LogP contribution in [0.4, 0.5) is 0 Å². The number of hydrogen-bond acceptors (Lipinski definition) is 5. The van der Waals surface area contributed by atoms with E-state index in [9.17, 15) is 9.59 Å². The van der Waals surface area contributed by atoms with Crippen molar-refractivity contribution in [2.24, 2.45) is 4.99 Å². The van der Waals surface area contributed by atoms with Crippen molar-refractivity contribution in [3.63, 3.8) is 0 Å². The molecule has 1 fully saturated rings. The van der Waals surface area contributed by atoms with Gasteiger partial charge in [0.1, 0.15) is 0 Å². The van der Waals surface area contributed by atoms with E-state index in [1.165, 1.54) is 0 Å². The second-order valence-corrected chi connectivity index (χ2v) is 7.11. The van der Waals surface area contributed by atoms with Crippen molar-refractivity contribution in [1.82, 2.24) is 5.32 Å². The molecule has 1 amide bonds. The van der Waals surface area contributed by atoms with Gasteiger partial charge in [0.15, 0.2) is 11.0 Å². The van der Waals surface area contributed by atoms with Crippen LogP contribution in [0.3, 0.4) is 0 Å². The lowest BCUT2D eigenvalue weighted by Crippen LogP contribution is -2.19. The van der Waals surface area contributed by atoms with Gasteiger partial charge in [0, 0.05) is 17.6 Å². The number of benzene rings is 2. The van der Waals surface area contributed by atoms with Gasteiger partial charge in [-0.3, -0.25) is 14.9 Å². The van der Waals surface area contributed by atoms with E-state index >= 15 is 0 Å². The summed E-state index contributed by atoms with van der Waals surface area (Å²) in [4.78, 5) is 28.3. The van der Waals surface area contributed by atoms with Gasteiger partial charge >= 0.3 is 0 Å². The third-order valence-electron chi connectivity index (χ3n) is 4.31. The summed E-state index contributed by atoms with van der Waals surface area (Å²) < 4.78 is 0. The van der Waals surface area contributed by atoms with Crippen molar-refractivity contribution in [2.45, 2.75) is 6.42 Å². The largest absolute Gasteiger partial charge is 0.300 e. The smallest absolute Gasteiger partial charge is 0.264 e. The first-order valence-electron chi connectivity index (χ1n) is 8.25. The fourth-order valence-electron chi connectivity index (χ4n) is 3.04. The molecule has 0 radical (unpaired) electrons. The van der Waals surface area contributed by atoms with Crippen LogP contribution < -0.4 is 5.32 Å². The molecule has 2 aliphatic rings. The normalized spacial score (nSPS) is 20.2. The van der Waals surface area contributed by atoms with E-state index in [4.69, 9.17) is 5.26 Å². The molecule has 0 atom stereocenters. The zero-order valence-corrected chi connectivity index (χ0v) is 14.9. The topological polar surface area (TPSA) is 82.3 Å². The van der Waals surface area contributed by atoms with Crippen molar-refractivity contribution in [1.29, 1.82) is 5.26 Å². The first-order chi connectivity index (χ1) is 13.1. The van der Waals surface area contributed by atoms with E-state index in [0.29, 0.717) is 11.3 Å². The zero-order chi connectivity index (χ0) is 18.8. The fourth-order valence-corrected chi connectivity index (χ4v) is 3.82. The minimum absolute atomic E-state index is 0.0835. The number of allylic oxidation sites excluding steroid dienone is 1. The SMILES string of the molecule is N#CN=C1NC(=O)C(=Cc2ccc(C=C3Cc4ccccc4C3=O)cc2)S1. The fraction of sp³-hybridized carbons (Fsp3) is 0.0476. The average Bonchev–Trinajstić information content (AvgIpc) is 3.17. The van der Waals surface area contributed by atoms with Crippen LogP contribution >= 0.6 is 11.8 Å². The predicted molar refractivity (Wildman–Crippen MR) is 106 cm³/mol. The third-order valence-corrected chi connectivity index (χ3v) is 5.22. The van der Waals surface area contributed by atoms with Crippen LogP contribution in [0, 0.1) is 11.5 Å². The summed E-state index contributed by atoms with van der Waals surface area (Å²) in [6, 6.07) is 15.3. The predicted octanol–water partition coefficient (Wildman–Crippen LogP) is 3.55. The standard InChI is InChI=1S/C21H13N3O2S/c22-12-23-21-24-20(26)18(27-21)10-14-7-5-13(6-8-14)9-16-11-15-3-1-2-4-17(15)19(16)25/h1-10H,11H2,(H,23,24,26). The first kappa shape index (κ1) is 17.0. The lowest BCUT2D eigenvalue weighted by molar-refractivity contribution is -0.115. The molecule has 130 valence electrons. The van der Waals surface area contributed by atoms with Crippen molar-refractivity contribution in [2.75, 3.05) is 0 Å². The number of ketones is 1. The second kappa shape index (κ2) is 7.06. The van der Waals surface area contributed by atoms with Crippen LogP contribution in [0.25, 0.3) is 12.2 Å². The highest BCUT2D eigenvalue weighted by molar-refractivity contribution is 8.18. The summed E-state index contributed by atoms with van der Waals surface area (Å²) in [5, 5.41) is 11.4. The van der Waals surface area contributed by atoms with Gasteiger partial charge in [-0.15, -0.1) is 4.99 Å². The van der Waals surface area contributed by atoms with Crippen LogP contribution in [0.1, 0.15) is 27.0 Å². The van der Waals surface area contributed by atoms with Crippen molar-refractivity contribution in [3.05, 3.63) is 81.3 Å². The van der Waals surface area contributed by atoms with E-state index in [0.717, 1.165) is 39.6 Å². The molecule has 0 aromatic heterocycles. The Bertz CT molecular complexity index is 1090. The average molecular weight is 371 g/mol. The Kier molecular flexibility index (Phi) is 4.45. The Morgan fingerprint density at radius 3 is 2.44 bits per heavy atom. The van der Waals surface area contributed by atoms with Gasteiger partial charge in [0.05, 0.1) is 4.91 Å². The third kappa shape index (κ3) is 3.46. The molecule has 6 heteroatoms. The number of nitrogens with zero attached hydrogens (tertiary/aromatic N) is 2. The number of nitriles is 1. The summed E-state index contributed by atoms with van der Waals surface area (Å²) in [6.07, 6.45) is 5.96. The van der Waals surface area contributed by atoms with Gasteiger partial charge in [0.25, 0.3) is 5.91 Å². The Morgan fingerprint density at radius 1 is 1.04 bits per heavy atom. The molecule has 0 spiro atoms. The number of rotatable bonds is 2. The van der Waals surface area contributed by atoms with E-state index in [1.54, 1.807) is 12.3 Å². The van der Waals surface area contributed by atoms with Crippen molar-refractivity contribution >= 4 is 40.8 Å². The lowest BCUT2D eigenvalue weighted by Gasteiger charge is -1.99. The van der Waals surface area contributed by atoms with Crippen LogP contribution in [0.15, 0.2) is 64.0 Å². The maximum Gasteiger partial charge on any atom is 0.264 e. The summed E-state index contributed by atoms with van der Waals surface area (Å²) in [5.74, 6) is -0.186. The minimum Gasteiger partial charge on any atom is -0.300 e. The molecule has 1 heterocycles. The van der Waals surface area contributed by atoms with Crippen molar-refractivity contribution < 1.29 is 9.59 Å². The van der Waals surface area contributed by atoms with Gasteiger partial charge in [-0.25, -0.2) is 0 Å². The molecular weight excluding hydrogens is 358 g/mol. The van der Waals surface area contributed by atoms with Gasteiger partial charge < -0.3 is 0 Å².